The molecule has 0 aromatic carbocycles. The van der Waals surface area contributed by atoms with E-state index in [1.807, 2.05) is 38.2 Å². The summed E-state index contributed by atoms with van der Waals surface area (Å²) in [5.41, 5.74) is 4.50. The number of nitrogens with two attached hydrogens (primary N) is 1. The predicted molar refractivity (Wildman–Crippen MR) is 39.7 cm³/mol. The molecule has 1 nitrogen and oxygen atoms in total. The Bertz CT molecular complexity index is 52.8. The lowest BCUT2D eigenvalue weighted by Crippen LogP contribution is -1.69. The molecule has 48 valence electrons. The van der Waals surface area contributed by atoms with E-state index in [0.29, 0.717) is 0 Å². The van der Waals surface area contributed by atoms with Gasteiger partial charge < -0.3 is 5.73 Å². The van der Waals surface area contributed by atoms with E-state index in [2.05, 4.69) is 5.73 Å². The van der Waals surface area contributed by atoms with E-state index in [1.54, 1.807) is 0 Å². The number of hydrogen-bond donors (Lipinski definition) is 1. The molecule has 8 heavy (non-hydrogen) atoms. The topological polar surface area (TPSA) is 26.0 Å². The van der Waals surface area contributed by atoms with Gasteiger partial charge in [0.15, 0.2) is 0 Å². The Morgan fingerprint density at radius 2 is 1.12 bits per heavy atom. The first-order valence-corrected chi connectivity index (χ1v) is 2.73. The maximum Gasteiger partial charge on any atom is -0.0195 e. The summed E-state index contributed by atoms with van der Waals surface area (Å²) in [6.07, 6.45) is 8.00. The van der Waals surface area contributed by atoms with Gasteiger partial charge in [-0.05, 0) is 20.9 Å². The average molecular weight is 113 g/mol. The number of allylic oxidation sites excluding steroid dienone is 4. The van der Waals surface area contributed by atoms with Crippen molar-refractivity contribution in [2.24, 2.45) is 5.73 Å². The molecule has 0 saturated carbocycles. The Morgan fingerprint density at radius 1 is 0.875 bits per heavy atom. The van der Waals surface area contributed by atoms with Crippen molar-refractivity contribution in [2.45, 2.75) is 13.8 Å². The van der Waals surface area contributed by atoms with Crippen LogP contribution in [0.15, 0.2) is 24.3 Å². The monoisotopic (exact) mass is 113 g/mol. The lowest BCUT2D eigenvalue weighted by Gasteiger charge is -1.62. The summed E-state index contributed by atoms with van der Waals surface area (Å²) in [6, 6.07) is 0. The van der Waals surface area contributed by atoms with Crippen LogP contribution in [0.3, 0.4) is 0 Å². The molecular formula is C7H15N. The van der Waals surface area contributed by atoms with Crippen molar-refractivity contribution in [3.8, 4) is 0 Å². The van der Waals surface area contributed by atoms with Crippen LogP contribution in [0.4, 0.5) is 0 Å². The van der Waals surface area contributed by atoms with Crippen LogP contribution < -0.4 is 5.73 Å². The van der Waals surface area contributed by atoms with Crippen molar-refractivity contribution >= 4 is 0 Å². The van der Waals surface area contributed by atoms with E-state index in [0.717, 1.165) is 0 Å². The Labute approximate surface area is 51.9 Å². The highest BCUT2D eigenvalue weighted by Gasteiger charge is 1.48. The second-order valence-corrected chi connectivity index (χ2v) is 1.05. The Hall–Kier alpha value is -0.560. The fourth-order valence-electron chi connectivity index (χ4n) is 0.222. The highest BCUT2D eigenvalue weighted by atomic mass is 14.4. The van der Waals surface area contributed by atoms with Crippen molar-refractivity contribution in [3.05, 3.63) is 24.3 Å². The van der Waals surface area contributed by atoms with Gasteiger partial charge in [0, 0.05) is 0 Å². The van der Waals surface area contributed by atoms with Gasteiger partial charge >= 0.3 is 0 Å². The first-order valence-electron chi connectivity index (χ1n) is 2.73. The summed E-state index contributed by atoms with van der Waals surface area (Å²) in [5.74, 6) is 0. The smallest absolute Gasteiger partial charge is 0.0195 e. The van der Waals surface area contributed by atoms with Crippen LogP contribution in [0.5, 0.6) is 0 Å². The fourth-order valence-corrected chi connectivity index (χ4v) is 0.222. The molecule has 2 N–H and O–H groups in total. The van der Waals surface area contributed by atoms with E-state index in [1.165, 1.54) is 7.05 Å². The van der Waals surface area contributed by atoms with Gasteiger partial charge in [-0.2, -0.15) is 0 Å². The van der Waals surface area contributed by atoms with Gasteiger partial charge in [0.2, 0.25) is 0 Å². The molecule has 0 heterocycles. The molecule has 0 aliphatic carbocycles. The zero-order valence-electron chi connectivity index (χ0n) is 5.89. The molecule has 0 aromatic rings. The van der Waals surface area contributed by atoms with E-state index in [-0.39, 0.29) is 0 Å². The van der Waals surface area contributed by atoms with Gasteiger partial charge in [0.25, 0.3) is 0 Å². The Balaban J connectivity index is 0. The number of hydrogen-bond acceptors (Lipinski definition) is 1. The Morgan fingerprint density at radius 3 is 1.25 bits per heavy atom. The van der Waals surface area contributed by atoms with Crippen LogP contribution in [-0.2, 0) is 0 Å². The highest BCUT2D eigenvalue weighted by molar-refractivity contribution is 4.98. The van der Waals surface area contributed by atoms with Crippen molar-refractivity contribution in [3.63, 3.8) is 0 Å². The summed E-state index contributed by atoms with van der Waals surface area (Å²) >= 11 is 0. The second-order valence-electron chi connectivity index (χ2n) is 1.05. The fraction of sp³-hybridized carbons (Fsp3) is 0.429. The van der Waals surface area contributed by atoms with Crippen molar-refractivity contribution < 1.29 is 0 Å². The average Bonchev–Trinajstić information content (AvgIpc) is 1.88. The zero-order chi connectivity index (χ0) is 6.83. The molecule has 0 bridgehead atoms. The maximum atomic E-state index is 4.50. The number of rotatable bonds is 1. The third-order valence-electron chi connectivity index (χ3n) is 0.496. The minimum Gasteiger partial charge on any atom is -0.333 e. The SMILES string of the molecule is C/C=C\C=C/C.CN. The van der Waals surface area contributed by atoms with E-state index in [9.17, 15) is 0 Å². The quantitative estimate of drug-likeness (QED) is 0.515. The first kappa shape index (κ1) is 10.4. The van der Waals surface area contributed by atoms with Crippen molar-refractivity contribution in [1.82, 2.24) is 0 Å². The van der Waals surface area contributed by atoms with Gasteiger partial charge in [-0.15, -0.1) is 0 Å². The minimum absolute atomic E-state index is 1.50. The molecule has 0 aliphatic heterocycles. The second kappa shape index (κ2) is 16.1. The molecule has 0 radical (unpaired) electrons. The normalized spacial score (nSPS) is 9.50. The molecule has 1 heteroatoms. The van der Waals surface area contributed by atoms with Crippen LogP contribution in [-0.4, -0.2) is 7.05 Å². The van der Waals surface area contributed by atoms with Crippen LogP contribution in [0.2, 0.25) is 0 Å². The third kappa shape index (κ3) is 18.0. The van der Waals surface area contributed by atoms with Gasteiger partial charge in [0.1, 0.15) is 0 Å². The van der Waals surface area contributed by atoms with Gasteiger partial charge in [-0.25, -0.2) is 0 Å². The van der Waals surface area contributed by atoms with Crippen molar-refractivity contribution in [1.29, 1.82) is 0 Å². The van der Waals surface area contributed by atoms with E-state index < -0.39 is 0 Å². The molecular weight excluding hydrogens is 98.1 g/mol. The summed E-state index contributed by atoms with van der Waals surface area (Å²) in [5, 5.41) is 0. The highest BCUT2D eigenvalue weighted by Crippen LogP contribution is 1.71. The molecule has 0 amide bonds. The lowest BCUT2D eigenvalue weighted by molar-refractivity contribution is 1.48. The van der Waals surface area contributed by atoms with Crippen LogP contribution in [0.1, 0.15) is 13.8 Å². The van der Waals surface area contributed by atoms with E-state index in [4.69, 9.17) is 0 Å². The predicted octanol–water partition coefficient (Wildman–Crippen LogP) is 1.71. The summed E-state index contributed by atoms with van der Waals surface area (Å²) in [4.78, 5) is 0. The molecule has 0 rings (SSSR count). The standard InChI is InChI=1S/C6H10.CH5N/c1-3-5-6-4-2;1-2/h3-6H,1-2H3;2H2,1H3/b5-3-,6-4-;. The molecule has 0 fully saturated rings. The van der Waals surface area contributed by atoms with Crippen LogP contribution in [0, 0.1) is 0 Å². The van der Waals surface area contributed by atoms with Crippen molar-refractivity contribution in [2.75, 3.05) is 7.05 Å². The van der Waals surface area contributed by atoms with Gasteiger partial charge in [-0.3, -0.25) is 0 Å². The summed E-state index contributed by atoms with van der Waals surface area (Å²) in [7, 11) is 1.50. The summed E-state index contributed by atoms with van der Waals surface area (Å²) < 4.78 is 0. The molecule has 0 atom stereocenters. The third-order valence-corrected chi connectivity index (χ3v) is 0.496. The molecule has 0 aromatic heterocycles. The largest absolute Gasteiger partial charge is 0.333 e. The minimum atomic E-state index is 1.50. The van der Waals surface area contributed by atoms with Crippen LogP contribution >= 0.6 is 0 Å². The molecule has 0 aliphatic rings. The van der Waals surface area contributed by atoms with E-state index >= 15 is 0 Å². The maximum absolute atomic E-state index is 4.50. The zero-order valence-corrected chi connectivity index (χ0v) is 5.89. The summed E-state index contributed by atoms with van der Waals surface area (Å²) in [6.45, 7) is 4.00. The van der Waals surface area contributed by atoms with Gasteiger partial charge in [-0.1, -0.05) is 24.3 Å². The Kier molecular flexibility index (Phi) is 21.0. The molecule has 0 saturated heterocycles. The molecule has 0 spiro atoms. The first-order chi connectivity index (χ1) is 3.91. The lowest BCUT2D eigenvalue weighted by atomic mass is 10.5. The molecule has 0 unspecified atom stereocenters. The van der Waals surface area contributed by atoms with Gasteiger partial charge in [0.05, 0.1) is 0 Å². The van der Waals surface area contributed by atoms with Crippen LogP contribution in [0.25, 0.3) is 0 Å².